The Morgan fingerprint density at radius 2 is 1.12 bits per heavy atom. The van der Waals surface area contributed by atoms with E-state index in [1.54, 1.807) is 7.05 Å². The number of nitrogens with one attached hydrogen (secondary N) is 1. The van der Waals surface area contributed by atoms with Crippen molar-refractivity contribution in [2.75, 3.05) is 7.05 Å². The van der Waals surface area contributed by atoms with Crippen molar-refractivity contribution in [2.45, 2.75) is 48.5 Å². The highest BCUT2D eigenvalue weighted by atomic mass is 16.1. The highest BCUT2D eigenvalue weighted by Gasteiger charge is 1.84. The molecule has 1 aromatic carbocycles. The Bertz CT molecular complexity index is 177. The summed E-state index contributed by atoms with van der Waals surface area (Å²) in [6, 6.07) is 12.0. The Morgan fingerprint density at radius 1 is 0.882 bits per heavy atom. The topological polar surface area (TPSA) is 29.1 Å². The molecule has 2 heteroatoms. The summed E-state index contributed by atoms with van der Waals surface area (Å²) >= 11 is 0. The second-order valence-electron chi connectivity index (χ2n) is 2.89. The Kier molecular flexibility index (Phi) is 35.1. The Labute approximate surface area is 108 Å². The van der Waals surface area contributed by atoms with Gasteiger partial charge in [-0.25, -0.2) is 0 Å². The molecule has 0 spiro atoms. The van der Waals surface area contributed by atoms with Crippen molar-refractivity contribution in [3.63, 3.8) is 0 Å². The summed E-state index contributed by atoms with van der Waals surface area (Å²) in [4.78, 5) is 10.1. The zero-order chi connectivity index (χ0) is 11.9. The first kappa shape index (κ1) is 24.8. The molecule has 1 N–H and O–H groups in total. The Balaban J connectivity index is -0.0000000743. The molecule has 0 unspecified atom stereocenters. The first-order valence-corrected chi connectivity index (χ1v) is 5.43. The minimum atomic E-state index is 0. The number of hydrogen-bond acceptors (Lipinski definition) is 1. The largest absolute Gasteiger partial charge is 0.359 e. The van der Waals surface area contributed by atoms with Crippen LogP contribution in [0.3, 0.4) is 0 Å². The third kappa shape index (κ3) is 31.3. The number of hydrogen-bond donors (Lipinski definition) is 1. The van der Waals surface area contributed by atoms with Crippen molar-refractivity contribution < 1.29 is 4.79 Å². The summed E-state index contributed by atoms with van der Waals surface area (Å²) in [6.45, 7) is 6.07. The van der Waals surface area contributed by atoms with Gasteiger partial charge >= 0.3 is 0 Å². The second kappa shape index (κ2) is 24.1. The quantitative estimate of drug-likeness (QED) is 0.769. The van der Waals surface area contributed by atoms with E-state index in [4.69, 9.17) is 0 Å². The van der Waals surface area contributed by atoms with E-state index in [2.05, 4.69) is 19.2 Å². The van der Waals surface area contributed by atoms with Crippen molar-refractivity contribution in [3.05, 3.63) is 36.4 Å². The van der Waals surface area contributed by atoms with Gasteiger partial charge in [-0.1, -0.05) is 78.4 Å². The molecule has 17 heavy (non-hydrogen) atoms. The van der Waals surface area contributed by atoms with Crippen LogP contribution < -0.4 is 5.32 Å². The molecule has 0 atom stereocenters. The molecule has 0 aliphatic carbocycles. The van der Waals surface area contributed by atoms with Gasteiger partial charge in [0.05, 0.1) is 0 Å². The summed E-state index contributed by atoms with van der Waals surface area (Å²) in [5, 5.41) is 2.48. The highest BCUT2D eigenvalue weighted by molar-refractivity contribution is 5.74. The fourth-order valence-corrected chi connectivity index (χ4v) is 0.562. The molecule has 1 amide bonds. The predicted molar refractivity (Wildman–Crippen MR) is 80.2 cm³/mol. The standard InChI is InChI=1S/C6H6.C4H9NO.C3H8.2CH4/c1-2-4-6-5-3-1;1-3-4(6)5-2;1-3-2;;/h1-6H;3H2,1-2H3,(H,5,6);3H2,1-2H3;2*1H4. The molecule has 0 saturated heterocycles. The van der Waals surface area contributed by atoms with Crippen molar-refractivity contribution >= 4 is 5.91 Å². The first-order valence-electron chi connectivity index (χ1n) is 5.43. The fourth-order valence-electron chi connectivity index (χ4n) is 0.562. The summed E-state index contributed by atoms with van der Waals surface area (Å²) < 4.78 is 0. The molecule has 0 aliphatic heterocycles. The maximum atomic E-state index is 10.1. The molecule has 1 rings (SSSR count). The molecule has 0 radical (unpaired) electrons. The van der Waals surface area contributed by atoms with Gasteiger partial charge in [-0.2, -0.15) is 0 Å². The van der Waals surface area contributed by atoms with Gasteiger partial charge in [0.25, 0.3) is 0 Å². The number of amides is 1. The van der Waals surface area contributed by atoms with Crippen LogP contribution in [-0.4, -0.2) is 13.0 Å². The molecule has 0 aromatic heterocycles. The van der Waals surface area contributed by atoms with E-state index < -0.39 is 0 Å². The number of benzene rings is 1. The monoisotopic (exact) mass is 241 g/mol. The third-order valence-corrected chi connectivity index (χ3v) is 1.27. The molecule has 0 bridgehead atoms. The van der Waals surface area contributed by atoms with Crippen LogP contribution >= 0.6 is 0 Å². The van der Waals surface area contributed by atoms with Gasteiger partial charge in [-0.15, -0.1) is 0 Å². The lowest BCUT2D eigenvalue weighted by Gasteiger charge is -1.87. The van der Waals surface area contributed by atoms with Gasteiger partial charge < -0.3 is 5.32 Å². The van der Waals surface area contributed by atoms with E-state index in [1.807, 2.05) is 43.3 Å². The van der Waals surface area contributed by atoms with Crippen LogP contribution in [0.5, 0.6) is 0 Å². The summed E-state index contributed by atoms with van der Waals surface area (Å²) in [6.07, 6.45) is 1.83. The van der Waals surface area contributed by atoms with E-state index in [0.29, 0.717) is 6.42 Å². The molecule has 0 aliphatic rings. The molecule has 0 saturated carbocycles. The SMILES string of the molecule is C.C.CCC.CCC(=O)NC.c1ccccc1. The molecule has 102 valence electrons. The van der Waals surface area contributed by atoms with Gasteiger partial charge in [0.2, 0.25) is 5.91 Å². The lowest BCUT2D eigenvalue weighted by Crippen LogP contribution is -2.15. The summed E-state index contributed by atoms with van der Waals surface area (Å²) in [5.41, 5.74) is 0. The maximum Gasteiger partial charge on any atom is 0.219 e. The van der Waals surface area contributed by atoms with Gasteiger partial charge in [0.15, 0.2) is 0 Å². The van der Waals surface area contributed by atoms with Gasteiger partial charge in [0, 0.05) is 13.5 Å². The third-order valence-electron chi connectivity index (χ3n) is 1.27. The zero-order valence-electron chi connectivity index (χ0n) is 10.3. The van der Waals surface area contributed by atoms with E-state index in [0.717, 1.165) is 0 Å². The fraction of sp³-hybridized carbons (Fsp3) is 0.533. The molecular formula is C15H31NO. The highest BCUT2D eigenvalue weighted by Crippen LogP contribution is 1.79. The van der Waals surface area contributed by atoms with Crippen molar-refractivity contribution in [2.24, 2.45) is 0 Å². The normalized spacial score (nSPS) is 6.59. The minimum Gasteiger partial charge on any atom is -0.359 e. The smallest absolute Gasteiger partial charge is 0.219 e. The Hall–Kier alpha value is -1.31. The van der Waals surface area contributed by atoms with E-state index in [1.165, 1.54) is 6.42 Å². The molecule has 1 aromatic rings. The number of carbonyl (C=O) groups is 1. The van der Waals surface area contributed by atoms with E-state index >= 15 is 0 Å². The van der Waals surface area contributed by atoms with Crippen LogP contribution in [0.1, 0.15) is 48.5 Å². The zero-order valence-corrected chi connectivity index (χ0v) is 10.3. The van der Waals surface area contributed by atoms with Crippen molar-refractivity contribution in [1.29, 1.82) is 0 Å². The van der Waals surface area contributed by atoms with E-state index in [-0.39, 0.29) is 20.8 Å². The molecule has 0 fully saturated rings. The van der Waals surface area contributed by atoms with Gasteiger partial charge in [0.1, 0.15) is 0 Å². The lowest BCUT2D eigenvalue weighted by molar-refractivity contribution is -0.120. The van der Waals surface area contributed by atoms with E-state index in [9.17, 15) is 4.79 Å². The van der Waals surface area contributed by atoms with Crippen LogP contribution in [-0.2, 0) is 4.79 Å². The summed E-state index contributed by atoms with van der Waals surface area (Å²) in [5.74, 6) is 0.0926. The minimum absolute atomic E-state index is 0. The van der Waals surface area contributed by atoms with Crippen molar-refractivity contribution in [3.8, 4) is 0 Å². The summed E-state index contributed by atoms with van der Waals surface area (Å²) in [7, 11) is 1.63. The Morgan fingerprint density at radius 3 is 1.18 bits per heavy atom. The van der Waals surface area contributed by atoms with Gasteiger partial charge in [-0.3, -0.25) is 4.79 Å². The lowest BCUT2D eigenvalue weighted by atomic mass is 10.4. The van der Waals surface area contributed by atoms with Crippen LogP contribution in [0.2, 0.25) is 0 Å². The van der Waals surface area contributed by atoms with Crippen LogP contribution in [0.25, 0.3) is 0 Å². The molecule has 0 heterocycles. The van der Waals surface area contributed by atoms with Crippen molar-refractivity contribution in [1.82, 2.24) is 5.32 Å². The average Bonchev–Trinajstić information content (AvgIpc) is 2.32. The average molecular weight is 241 g/mol. The molecule has 2 nitrogen and oxygen atoms in total. The molecular weight excluding hydrogens is 210 g/mol. The number of rotatable bonds is 1. The van der Waals surface area contributed by atoms with Crippen LogP contribution in [0, 0.1) is 0 Å². The van der Waals surface area contributed by atoms with Crippen LogP contribution in [0.15, 0.2) is 36.4 Å². The second-order valence-corrected chi connectivity index (χ2v) is 2.89. The maximum absolute atomic E-state index is 10.1. The van der Waals surface area contributed by atoms with Gasteiger partial charge in [-0.05, 0) is 0 Å². The predicted octanol–water partition coefficient (Wildman–Crippen LogP) is 4.52. The van der Waals surface area contributed by atoms with Crippen LogP contribution in [0.4, 0.5) is 0 Å². The first-order chi connectivity index (χ1) is 7.22. The number of carbonyl (C=O) groups excluding carboxylic acids is 1.